The lowest BCUT2D eigenvalue weighted by Gasteiger charge is -2.13. The van der Waals surface area contributed by atoms with Crippen LogP contribution >= 0.6 is 0 Å². The first kappa shape index (κ1) is 15.9. The molecule has 5 heteroatoms. The Morgan fingerprint density at radius 3 is 2.41 bits per heavy atom. The highest BCUT2D eigenvalue weighted by molar-refractivity contribution is 6.25. The zero-order chi connectivity index (χ0) is 18.5. The molecule has 0 bridgehead atoms. The van der Waals surface area contributed by atoms with Gasteiger partial charge in [-0.3, -0.25) is 9.48 Å². The Kier molecular flexibility index (Phi) is 3.45. The molecule has 27 heavy (non-hydrogen) atoms. The molecule has 1 aromatic heterocycles. The Morgan fingerprint density at radius 1 is 0.926 bits per heavy atom. The van der Waals surface area contributed by atoms with Gasteiger partial charge >= 0.3 is 0 Å². The number of aliphatic hydroxyl groups excluding tert-OH is 1. The van der Waals surface area contributed by atoms with Gasteiger partial charge in [0.05, 0.1) is 18.2 Å². The summed E-state index contributed by atoms with van der Waals surface area (Å²) >= 11 is 0. The van der Waals surface area contributed by atoms with Crippen molar-refractivity contribution in [3.05, 3.63) is 89.2 Å². The molecule has 0 spiro atoms. The Hall–Kier alpha value is -3.31. The highest BCUT2D eigenvalue weighted by Gasteiger charge is 2.28. The van der Waals surface area contributed by atoms with Crippen molar-refractivity contribution < 1.29 is 14.3 Å². The molecule has 1 aliphatic rings. The van der Waals surface area contributed by atoms with E-state index in [4.69, 9.17) is 5.10 Å². The molecule has 1 atom stereocenters. The van der Waals surface area contributed by atoms with Gasteiger partial charge in [0, 0.05) is 22.1 Å². The van der Waals surface area contributed by atoms with Crippen molar-refractivity contribution >= 4 is 16.7 Å². The SMILES string of the molecule is O=C1c2ccccc2-c2nn(C[C@@H](O)c3ccc(F)cc3)c3cccc1c23. The summed E-state index contributed by atoms with van der Waals surface area (Å²) in [7, 11) is 0. The number of hydrogen-bond donors (Lipinski definition) is 1. The van der Waals surface area contributed by atoms with Crippen LogP contribution in [0.1, 0.15) is 27.6 Å². The van der Waals surface area contributed by atoms with Crippen LogP contribution in [0.2, 0.25) is 0 Å². The van der Waals surface area contributed by atoms with E-state index in [1.165, 1.54) is 12.1 Å². The third kappa shape index (κ3) is 2.39. The van der Waals surface area contributed by atoms with Crippen LogP contribution in [-0.2, 0) is 6.54 Å². The van der Waals surface area contributed by atoms with Crippen LogP contribution in [0, 0.1) is 5.82 Å². The first-order valence-electron chi connectivity index (χ1n) is 8.70. The summed E-state index contributed by atoms with van der Waals surface area (Å²) in [6.07, 6.45) is -0.836. The van der Waals surface area contributed by atoms with E-state index in [0.29, 0.717) is 16.7 Å². The number of aromatic nitrogens is 2. The predicted octanol–water partition coefficient (Wildman–Crippen LogP) is 4.12. The second kappa shape index (κ2) is 5.86. The van der Waals surface area contributed by atoms with Gasteiger partial charge in [-0.05, 0) is 23.8 Å². The Morgan fingerprint density at radius 2 is 1.63 bits per heavy atom. The second-order valence-corrected chi connectivity index (χ2v) is 6.67. The zero-order valence-electron chi connectivity index (χ0n) is 14.3. The van der Waals surface area contributed by atoms with Gasteiger partial charge in [0.1, 0.15) is 11.5 Å². The van der Waals surface area contributed by atoms with E-state index in [0.717, 1.165) is 22.2 Å². The van der Waals surface area contributed by atoms with E-state index in [1.807, 2.05) is 42.5 Å². The Bertz CT molecular complexity index is 1190. The average molecular weight is 358 g/mol. The number of fused-ring (bicyclic) bond motifs is 2. The minimum Gasteiger partial charge on any atom is -0.386 e. The van der Waals surface area contributed by atoms with Crippen molar-refractivity contribution in [3.63, 3.8) is 0 Å². The third-order valence-corrected chi connectivity index (χ3v) is 5.05. The normalized spacial score (nSPS) is 13.6. The maximum absolute atomic E-state index is 13.1. The zero-order valence-corrected chi connectivity index (χ0v) is 14.3. The number of nitrogens with zero attached hydrogens (tertiary/aromatic N) is 2. The fourth-order valence-electron chi connectivity index (χ4n) is 3.73. The maximum atomic E-state index is 13.1. The number of aliphatic hydroxyl groups is 1. The summed E-state index contributed by atoms with van der Waals surface area (Å²) in [4.78, 5) is 12.9. The lowest BCUT2D eigenvalue weighted by Crippen LogP contribution is -2.10. The van der Waals surface area contributed by atoms with Gasteiger partial charge in [-0.15, -0.1) is 0 Å². The van der Waals surface area contributed by atoms with Gasteiger partial charge in [-0.1, -0.05) is 48.5 Å². The van der Waals surface area contributed by atoms with Gasteiger partial charge in [0.2, 0.25) is 0 Å². The molecule has 0 saturated carbocycles. The number of benzene rings is 3. The molecule has 0 saturated heterocycles. The van der Waals surface area contributed by atoms with Gasteiger partial charge in [-0.25, -0.2) is 4.39 Å². The standard InChI is InChI=1S/C22H15FN2O2/c23-14-10-8-13(9-11-14)19(26)12-25-18-7-3-6-17-20(18)21(24-25)15-4-1-2-5-16(15)22(17)27/h1-11,19,26H,12H2/t19-/m1/s1. The fourth-order valence-corrected chi connectivity index (χ4v) is 3.73. The van der Waals surface area contributed by atoms with Crippen molar-refractivity contribution in [2.45, 2.75) is 12.6 Å². The molecular weight excluding hydrogens is 343 g/mol. The van der Waals surface area contributed by atoms with Crippen molar-refractivity contribution in [2.24, 2.45) is 0 Å². The van der Waals surface area contributed by atoms with Crippen LogP contribution in [0.25, 0.3) is 22.2 Å². The maximum Gasteiger partial charge on any atom is 0.194 e. The smallest absolute Gasteiger partial charge is 0.194 e. The lowest BCUT2D eigenvalue weighted by molar-refractivity contribution is 0.104. The minimum atomic E-state index is -0.836. The third-order valence-electron chi connectivity index (χ3n) is 5.05. The largest absolute Gasteiger partial charge is 0.386 e. The fraction of sp³-hybridized carbons (Fsp3) is 0.0909. The monoisotopic (exact) mass is 358 g/mol. The van der Waals surface area contributed by atoms with Crippen LogP contribution < -0.4 is 0 Å². The van der Waals surface area contributed by atoms with E-state index >= 15 is 0 Å². The number of carbonyl (C=O) groups is 1. The summed E-state index contributed by atoms with van der Waals surface area (Å²) < 4.78 is 14.9. The number of carbonyl (C=O) groups excluding carboxylic acids is 1. The molecule has 0 fully saturated rings. The van der Waals surface area contributed by atoms with Crippen LogP contribution in [0.5, 0.6) is 0 Å². The van der Waals surface area contributed by atoms with Gasteiger partial charge in [-0.2, -0.15) is 5.10 Å². The molecule has 4 nitrogen and oxygen atoms in total. The summed E-state index contributed by atoms with van der Waals surface area (Å²) in [6, 6.07) is 18.8. The van der Waals surface area contributed by atoms with E-state index < -0.39 is 6.10 Å². The predicted molar refractivity (Wildman–Crippen MR) is 100.0 cm³/mol. The van der Waals surface area contributed by atoms with E-state index in [1.54, 1.807) is 16.8 Å². The topological polar surface area (TPSA) is 55.1 Å². The average Bonchev–Trinajstić information content (AvgIpc) is 3.06. The molecule has 132 valence electrons. The number of ketones is 1. The molecule has 0 unspecified atom stereocenters. The van der Waals surface area contributed by atoms with Crippen molar-refractivity contribution in [1.29, 1.82) is 0 Å². The summed E-state index contributed by atoms with van der Waals surface area (Å²) in [5.74, 6) is -0.356. The molecule has 3 aromatic carbocycles. The lowest BCUT2D eigenvalue weighted by atomic mass is 9.87. The Labute approximate surface area is 154 Å². The highest BCUT2D eigenvalue weighted by atomic mass is 19.1. The van der Waals surface area contributed by atoms with Crippen LogP contribution in [-0.4, -0.2) is 20.7 Å². The summed E-state index contributed by atoms with van der Waals surface area (Å²) in [5.41, 5.74) is 4.24. The molecule has 4 aromatic rings. The molecule has 0 aliphatic heterocycles. The number of halogens is 1. The van der Waals surface area contributed by atoms with Crippen LogP contribution in [0.4, 0.5) is 4.39 Å². The van der Waals surface area contributed by atoms with Crippen molar-refractivity contribution in [2.75, 3.05) is 0 Å². The van der Waals surface area contributed by atoms with Gasteiger partial charge in [0.15, 0.2) is 5.78 Å². The highest BCUT2D eigenvalue weighted by Crippen LogP contribution is 2.39. The number of rotatable bonds is 3. The number of hydrogen-bond acceptors (Lipinski definition) is 3. The van der Waals surface area contributed by atoms with Gasteiger partial charge in [0.25, 0.3) is 0 Å². The van der Waals surface area contributed by atoms with Gasteiger partial charge < -0.3 is 5.11 Å². The molecule has 1 N–H and O–H groups in total. The van der Waals surface area contributed by atoms with Crippen LogP contribution in [0.3, 0.4) is 0 Å². The molecular formula is C22H15FN2O2. The first-order chi connectivity index (χ1) is 13.1. The van der Waals surface area contributed by atoms with E-state index in [9.17, 15) is 14.3 Å². The second-order valence-electron chi connectivity index (χ2n) is 6.67. The van der Waals surface area contributed by atoms with Crippen LogP contribution in [0.15, 0.2) is 66.7 Å². The quantitative estimate of drug-likeness (QED) is 0.528. The van der Waals surface area contributed by atoms with E-state index in [-0.39, 0.29) is 18.1 Å². The molecule has 0 amide bonds. The summed E-state index contributed by atoms with van der Waals surface area (Å²) in [6.45, 7) is 0.210. The van der Waals surface area contributed by atoms with Crippen molar-refractivity contribution in [1.82, 2.24) is 9.78 Å². The summed E-state index contributed by atoms with van der Waals surface area (Å²) in [5, 5.41) is 16.1. The van der Waals surface area contributed by atoms with E-state index in [2.05, 4.69) is 0 Å². The molecule has 1 aliphatic carbocycles. The van der Waals surface area contributed by atoms with Crippen molar-refractivity contribution in [3.8, 4) is 11.3 Å². The first-order valence-corrected chi connectivity index (χ1v) is 8.70. The molecule has 1 heterocycles. The molecule has 5 rings (SSSR count). The molecule has 0 radical (unpaired) electrons. The Balaban J connectivity index is 1.65. The minimum absolute atomic E-state index is 0.0117.